The van der Waals surface area contributed by atoms with Crippen LogP contribution in [0.1, 0.15) is 5.69 Å². The highest BCUT2D eigenvalue weighted by molar-refractivity contribution is 5.55. The molecular formula is C14H17N3. The Kier molecular flexibility index (Phi) is 3.60. The van der Waals surface area contributed by atoms with Crippen LogP contribution in [0.15, 0.2) is 48.7 Å². The lowest BCUT2D eigenvalue weighted by Crippen LogP contribution is -2.20. The standard InChI is InChI=1S/C14H17N3/c1-17(14-7-4-5-12(15)11-14)10-8-13-6-2-3-9-16-13/h2-7,9,11H,8,10,15H2,1H3. The van der Waals surface area contributed by atoms with Gasteiger partial charge in [0.05, 0.1) is 0 Å². The minimum atomic E-state index is 0.798. The molecule has 0 radical (unpaired) electrons. The average Bonchev–Trinajstić information content (AvgIpc) is 2.37. The van der Waals surface area contributed by atoms with E-state index in [1.54, 1.807) is 0 Å². The number of nitrogens with two attached hydrogens (primary N) is 1. The van der Waals surface area contributed by atoms with E-state index >= 15 is 0 Å². The predicted octanol–water partition coefficient (Wildman–Crippen LogP) is 2.34. The van der Waals surface area contributed by atoms with Crippen LogP contribution >= 0.6 is 0 Å². The number of hydrogen-bond acceptors (Lipinski definition) is 3. The minimum Gasteiger partial charge on any atom is -0.399 e. The minimum absolute atomic E-state index is 0.798. The highest BCUT2D eigenvalue weighted by atomic mass is 15.1. The topological polar surface area (TPSA) is 42.2 Å². The van der Waals surface area contributed by atoms with Crippen molar-refractivity contribution in [2.75, 3.05) is 24.2 Å². The highest BCUT2D eigenvalue weighted by Crippen LogP contribution is 2.16. The third-order valence-electron chi connectivity index (χ3n) is 2.74. The summed E-state index contributed by atoms with van der Waals surface area (Å²) < 4.78 is 0. The zero-order valence-corrected chi connectivity index (χ0v) is 10.0. The van der Waals surface area contributed by atoms with Gasteiger partial charge in [-0.25, -0.2) is 0 Å². The van der Waals surface area contributed by atoms with Crippen molar-refractivity contribution in [2.45, 2.75) is 6.42 Å². The summed E-state index contributed by atoms with van der Waals surface area (Å²) in [5.74, 6) is 0. The molecule has 0 aliphatic heterocycles. The number of anilines is 2. The molecule has 0 aliphatic carbocycles. The summed E-state index contributed by atoms with van der Waals surface area (Å²) in [6.45, 7) is 0.931. The van der Waals surface area contributed by atoms with Crippen molar-refractivity contribution in [1.82, 2.24) is 4.98 Å². The molecule has 2 aromatic rings. The second-order valence-electron chi connectivity index (χ2n) is 4.09. The molecule has 1 aromatic heterocycles. The lowest BCUT2D eigenvalue weighted by molar-refractivity contribution is 0.853. The van der Waals surface area contributed by atoms with E-state index in [-0.39, 0.29) is 0 Å². The van der Waals surface area contributed by atoms with Crippen LogP contribution in [0.2, 0.25) is 0 Å². The van der Waals surface area contributed by atoms with Gasteiger partial charge in [0.2, 0.25) is 0 Å². The fourth-order valence-corrected chi connectivity index (χ4v) is 1.72. The summed E-state index contributed by atoms with van der Waals surface area (Å²) in [7, 11) is 2.07. The highest BCUT2D eigenvalue weighted by Gasteiger charge is 2.01. The molecule has 0 saturated heterocycles. The third-order valence-corrected chi connectivity index (χ3v) is 2.74. The Morgan fingerprint density at radius 2 is 2.06 bits per heavy atom. The van der Waals surface area contributed by atoms with Crippen molar-refractivity contribution in [2.24, 2.45) is 0 Å². The summed E-state index contributed by atoms with van der Waals surface area (Å²) in [6.07, 6.45) is 2.77. The number of benzene rings is 1. The fraction of sp³-hybridized carbons (Fsp3) is 0.214. The fourth-order valence-electron chi connectivity index (χ4n) is 1.72. The van der Waals surface area contributed by atoms with Crippen molar-refractivity contribution < 1.29 is 0 Å². The molecule has 0 amide bonds. The molecule has 1 heterocycles. The first kappa shape index (κ1) is 11.5. The number of pyridine rings is 1. The summed E-state index contributed by atoms with van der Waals surface area (Å²) in [5.41, 5.74) is 8.82. The van der Waals surface area contributed by atoms with Crippen LogP contribution in [0.5, 0.6) is 0 Å². The molecule has 3 nitrogen and oxygen atoms in total. The Bertz CT molecular complexity index is 468. The van der Waals surface area contributed by atoms with Crippen LogP contribution in [-0.2, 0) is 6.42 Å². The van der Waals surface area contributed by atoms with Crippen LogP contribution in [-0.4, -0.2) is 18.6 Å². The lowest BCUT2D eigenvalue weighted by Gasteiger charge is -2.19. The van der Waals surface area contributed by atoms with Crippen LogP contribution in [0, 0.1) is 0 Å². The average molecular weight is 227 g/mol. The van der Waals surface area contributed by atoms with Gasteiger partial charge in [-0.05, 0) is 30.3 Å². The molecule has 2 rings (SSSR count). The Morgan fingerprint density at radius 3 is 2.76 bits per heavy atom. The van der Waals surface area contributed by atoms with Crippen LogP contribution < -0.4 is 10.6 Å². The Morgan fingerprint density at radius 1 is 1.18 bits per heavy atom. The van der Waals surface area contributed by atoms with Crippen LogP contribution in [0.25, 0.3) is 0 Å². The zero-order valence-electron chi connectivity index (χ0n) is 10.0. The van der Waals surface area contributed by atoms with Gasteiger partial charge >= 0.3 is 0 Å². The maximum Gasteiger partial charge on any atom is 0.0421 e. The van der Waals surface area contributed by atoms with E-state index in [0.29, 0.717) is 0 Å². The Balaban J connectivity index is 1.96. The zero-order chi connectivity index (χ0) is 12.1. The molecular weight excluding hydrogens is 210 g/mol. The first-order valence-corrected chi connectivity index (χ1v) is 5.72. The molecule has 0 fully saturated rings. The van der Waals surface area contributed by atoms with Gasteiger partial charge < -0.3 is 10.6 Å². The summed E-state index contributed by atoms with van der Waals surface area (Å²) in [6, 6.07) is 13.9. The van der Waals surface area contributed by atoms with Gasteiger partial charge in [0.15, 0.2) is 0 Å². The smallest absolute Gasteiger partial charge is 0.0421 e. The first-order valence-electron chi connectivity index (χ1n) is 5.72. The molecule has 0 unspecified atom stereocenters. The maximum absolute atomic E-state index is 5.76. The predicted molar refractivity (Wildman–Crippen MR) is 72.1 cm³/mol. The van der Waals surface area contributed by atoms with Crippen molar-refractivity contribution in [3.8, 4) is 0 Å². The van der Waals surface area contributed by atoms with Gasteiger partial charge in [-0.1, -0.05) is 12.1 Å². The van der Waals surface area contributed by atoms with Gasteiger partial charge in [-0.3, -0.25) is 4.98 Å². The Labute approximate surface area is 102 Å². The molecule has 0 atom stereocenters. The number of hydrogen-bond donors (Lipinski definition) is 1. The van der Waals surface area contributed by atoms with Gasteiger partial charge in [0.1, 0.15) is 0 Å². The van der Waals surface area contributed by atoms with E-state index in [2.05, 4.69) is 23.0 Å². The first-order chi connectivity index (χ1) is 8.25. The van der Waals surface area contributed by atoms with Crippen LogP contribution in [0.3, 0.4) is 0 Å². The van der Waals surface area contributed by atoms with E-state index in [0.717, 1.165) is 30.0 Å². The number of rotatable bonds is 4. The number of aromatic nitrogens is 1. The van der Waals surface area contributed by atoms with Gasteiger partial charge in [0.25, 0.3) is 0 Å². The number of nitrogen functional groups attached to an aromatic ring is 1. The van der Waals surface area contributed by atoms with E-state index in [9.17, 15) is 0 Å². The molecule has 17 heavy (non-hydrogen) atoms. The van der Waals surface area contributed by atoms with Crippen molar-refractivity contribution in [1.29, 1.82) is 0 Å². The Hall–Kier alpha value is -2.03. The molecule has 1 aromatic carbocycles. The molecule has 0 spiro atoms. The van der Waals surface area contributed by atoms with Crippen molar-refractivity contribution in [3.05, 3.63) is 54.4 Å². The van der Waals surface area contributed by atoms with Crippen molar-refractivity contribution >= 4 is 11.4 Å². The quantitative estimate of drug-likeness (QED) is 0.815. The summed E-state index contributed by atoms with van der Waals surface area (Å²) >= 11 is 0. The molecule has 88 valence electrons. The summed E-state index contributed by atoms with van der Waals surface area (Å²) in [5, 5.41) is 0. The van der Waals surface area contributed by atoms with Gasteiger partial charge in [-0.15, -0.1) is 0 Å². The molecule has 0 saturated carbocycles. The molecule has 0 bridgehead atoms. The monoisotopic (exact) mass is 227 g/mol. The largest absolute Gasteiger partial charge is 0.399 e. The van der Waals surface area contributed by atoms with E-state index in [4.69, 9.17) is 5.73 Å². The number of likely N-dealkylation sites (N-methyl/N-ethyl adjacent to an activating group) is 1. The second-order valence-corrected chi connectivity index (χ2v) is 4.09. The van der Waals surface area contributed by atoms with Gasteiger partial charge in [-0.2, -0.15) is 0 Å². The maximum atomic E-state index is 5.76. The SMILES string of the molecule is CN(CCc1ccccn1)c1cccc(N)c1. The molecule has 2 N–H and O–H groups in total. The number of nitrogens with zero attached hydrogens (tertiary/aromatic N) is 2. The third kappa shape index (κ3) is 3.21. The van der Waals surface area contributed by atoms with Crippen LogP contribution in [0.4, 0.5) is 11.4 Å². The lowest BCUT2D eigenvalue weighted by atomic mass is 10.2. The second kappa shape index (κ2) is 5.34. The van der Waals surface area contributed by atoms with Gasteiger partial charge in [0, 0.05) is 43.3 Å². The molecule has 3 heteroatoms. The van der Waals surface area contributed by atoms with E-state index < -0.39 is 0 Å². The molecule has 0 aliphatic rings. The van der Waals surface area contributed by atoms with E-state index in [1.807, 2.05) is 42.6 Å². The summed E-state index contributed by atoms with van der Waals surface area (Å²) in [4.78, 5) is 6.50. The van der Waals surface area contributed by atoms with Crippen molar-refractivity contribution in [3.63, 3.8) is 0 Å². The van der Waals surface area contributed by atoms with E-state index in [1.165, 1.54) is 0 Å². The normalized spacial score (nSPS) is 10.2.